The normalized spacial score (nSPS) is 18.8. The number of hydrogen-bond donors (Lipinski definition) is 0. The predicted octanol–water partition coefficient (Wildman–Crippen LogP) is 4.55. The number of anilines is 2. The molecular formula is C25H32N4O. The summed E-state index contributed by atoms with van der Waals surface area (Å²) < 4.78 is 0. The lowest BCUT2D eigenvalue weighted by atomic mass is 10.0. The molecule has 0 bridgehead atoms. The number of carbonyl (C=O) groups is 1. The second-order valence-electron chi connectivity index (χ2n) is 9.19. The van der Waals surface area contributed by atoms with Crippen molar-refractivity contribution >= 4 is 17.4 Å². The first-order valence-corrected chi connectivity index (χ1v) is 10.8. The maximum atomic E-state index is 13.0. The summed E-state index contributed by atoms with van der Waals surface area (Å²) in [5, 5.41) is 0. The van der Waals surface area contributed by atoms with Crippen molar-refractivity contribution in [3.8, 4) is 0 Å². The first-order valence-electron chi connectivity index (χ1n) is 10.8. The van der Waals surface area contributed by atoms with Gasteiger partial charge in [-0.15, -0.1) is 0 Å². The average Bonchev–Trinajstić information content (AvgIpc) is 3.00. The van der Waals surface area contributed by atoms with Crippen molar-refractivity contribution in [3.63, 3.8) is 0 Å². The molecule has 1 aromatic heterocycles. The fraction of sp³-hybridized carbons (Fsp3) is 0.440. The first kappa shape index (κ1) is 20.5. The average molecular weight is 405 g/mol. The number of allylic oxidation sites excluding steroid dienone is 1. The van der Waals surface area contributed by atoms with Crippen molar-refractivity contribution in [1.29, 1.82) is 0 Å². The molecule has 2 aromatic rings. The standard InChI is InChI=1S/C25H32N4O/c1-18-16-19(2)23(26-17-18)27-12-14-28(15-13-27)24(30)21-6-8-22(9-7-21)29-20(3)10-11-25(29,4)5/h6-9,16-17H,3,10-15H2,1-2,4-5H3. The van der Waals surface area contributed by atoms with Crippen LogP contribution >= 0.6 is 0 Å². The van der Waals surface area contributed by atoms with Gasteiger partial charge in [-0.2, -0.15) is 0 Å². The van der Waals surface area contributed by atoms with Crippen molar-refractivity contribution in [2.45, 2.75) is 46.1 Å². The molecule has 5 heteroatoms. The van der Waals surface area contributed by atoms with Gasteiger partial charge in [-0.05, 0) is 75.9 Å². The molecule has 0 radical (unpaired) electrons. The van der Waals surface area contributed by atoms with Crippen LogP contribution in [0.25, 0.3) is 0 Å². The summed E-state index contributed by atoms with van der Waals surface area (Å²) in [5.41, 5.74) is 5.45. The Balaban J connectivity index is 1.41. The molecule has 30 heavy (non-hydrogen) atoms. The molecule has 2 saturated heterocycles. The number of aryl methyl sites for hydroxylation is 2. The highest BCUT2D eigenvalue weighted by molar-refractivity contribution is 5.94. The molecule has 2 aliphatic rings. The van der Waals surface area contributed by atoms with E-state index in [0.717, 1.165) is 48.7 Å². The van der Waals surface area contributed by atoms with E-state index in [9.17, 15) is 4.79 Å². The third-order valence-electron chi connectivity index (χ3n) is 6.37. The fourth-order valence-corrected chi connectivity index (χ4v) is 4.73. The summed E-state index contributed by atoms with van der Waals surface area (Å²) in [4.78, 5) is 24.2. The number of pyridine rings is 1. The lowest BCUT2D eigenvalue weighted by Crippen LogP contribution is -2.49. The maximum Gasteiger partial charge on any atom is 0.253 e. The Kier molecular flexibility index (Phi) is 5.31. The minimum atomic E-state index is 0.0705. The van der Waals surface area contributed by atoms with E-state index >= 15 is 0 Å². The van der Waals surface area contributed by atoms with Gasteiger partial charge in [0.15, 0.2) is 0 Å². The Labute approximate surface area is 180 Å². The van der Waals surface area contributed by atoms with Gasteiger partial charge in [0.2, 0.25) is 0 Å². The topological polar surface area (TPSA) is 39.7 Å². The van der Waals surface area contributed by atoms with Crippen LogP contribution in [0.3, 0.4) is 0 Å². The Morgan fingerprint density at radius 1 is 1.07 bits per heavy atom. The lowest BCUT2D eigenvalue weighted by Gasteiger charge is -2.36. The van der Waals surface area contributed by atoms with Crippen LogP contribution in [0, 0.1) is 13.8 Å². The van der Waals surface area contributed by atoms with Crippen molar-refractivity contribution in [2.24, 2.45) is 0 Å². The second kappa shape index (κ2) is 7.78. The molecule has 4 rings (SSSR count). The number of rotatable bonds is 3. The van der Waals surface area contributed by atoms with E-state index in [1.165, 1.54) is 11.1 Å². The van der Waals surface area contributed by atoms with E-state index < -0.39 is 0 Å². The van der Waals surface area contributed by atoms with E-state index in [1.807, 2.05) is 23.2 Å². The van der Waals surface area contributed by atoms with Gasteiger partial charge < -0.3 is 14.7 Å². The molecule has 0 unspecified atom stereocenters. The van der Waals surface area contributed by atoms with Crippen LogP contribution < -0.4 is 9.80 Å². The van der Waals surface area contributed by atoms with E-state index in [0.29, 0.717) is 13.1 Å². The molecule has 5 nitrogen and oxygen atoms in total. The van der Waals surface area contributed by atoms with Crippen molar-refractivity contribution in [2.75, 3.05) is 36.0 Å². The number of amides is 1. The van der Waals surface area contributed by atoms with Crippen LogP contribution in [0.2, 0.25) is 0 Å². The van der Waals surface area contributed by atoms with E-state index in [2.05, 4.69) is 67.3 Å². The van der Waals surface area contributed by atoms with Gasteiger partial charge in [0.25, 0.3) is 5.91 Å². The minimum Gasteiger partial charge on any atom is -0.353 e. The Morgan fingerprint density at radius 3 is 2.30 bits per heavy atom. The minimum absolute atomic E-state index is 0.0705. The number of carbonyl (C=O) groups excluding carboxylic acids is 1. The molecular weight excluding hydrogens is 372 g/mol. The molecule has 0 aliphatic carbocycles. The first-order chi connectivity index (χ1) is 14.3. The highest BCUT2D eigenvalue weighted by Gasteiger charge is 2.35. The zero-order valence-electron chi connectivity index (χ0n) is 18.6. The van der Waals surface area contributed by atoms with Crippen LogP contribution in [0.1, 0.15) is 48.2 Å². The van der Waals surface area contributed by atoms with Gasteiger partial charge in [-0.3, -0.25) is 4.79 Å². The van der Waals surface area contributed by atoms with E-state index in [-0.39, 0.29) is 11.4 Å². The molecule has 1 amide bonds. The van der Waals surface area contributed by atoms with Gasteiger partial charge in [0.05, 0.1) is 0 Å². The molecule has 2 fully saturated rings. The quantitative estimate of drug-likeness (QED) is 0.752. The van der Waals surface area contributed by atoms with Crippen molar-refractivity contribution < 1.29 is 4.79 Å². The summed E-state index contributed by atoms with van der Waals surface area (Å²) >= 11 is 0. The maximum absolute atomic E-state index is 13.0. The smallest absolute Gasteiger partial charge is 0.253 e. The third-order valence-corrected chi connectivity index (χ3v) is 6.37. The van der Waals surface area contributed by atoms with Crippen LogP contribution in [0.4, 0.5) is 11.5 Å². The van der Waals surface area contributed by atoms with E-state index in [1.54, 1.807) is 0 Å². The molecule has 0 saturated carbocycles. The Morgan fingerprint density at radius 2 is 1.73 bits per heavy atom. The summed E-state index contributed by atoms with van der Waals surface area (Å²) in [6.45, 7) is 15.9. The van der Waals surface area contributed by atoms with Crippen LogP contribution in [-0.2, 0) is 0 Å². The highest BCUT2D eigenvalue weighted by Crippen LogP contribution is 2.39. The van der Waals surface area contributed by atoms with Crippen molar-refractivity contribution in [1.82, 2.24) is 9.88 Å². The largest absolute Gasteiger partial charge is 0.353 e. The highest BCUT2D eigenvalue weighted by atomic mass is 16.2. The lowest BCUT2D eigenvalue weighted by molar-refractivity contribution is 0.0746. The number of hydrogen-bond acceptors (Lipinski definition) is 4. The summed E-state index contributed by atoms with van der Waals surface area (Å²) in [5.74, 6) is 1.14. The molecule has 0 N–H and O–H groups in total. The van der Waals surface area contributed by atoms with Gasteiger partial charge in [0.1, 0.15) is 5.82 Å². The Hall–Kier alpha value is -2.82. The number of aromatic nitrogens is 1. The van der Waals surface area contributed by atoms with Gasteiger partial charge >= 0.3 is 0 Å². The molecule has 158 valence electrons. The predicted molar refractivity (Wildman–Crippen MR) is 123 cm³/mol. The number of nitrogens with zero attached hydrogens (tertiary/aromatic N) is 4. The molecule has 0 atom stereocenters. The fourth-order valence-electron chi connectivity index (χ4n) is 4.73. The summed E-state index contributed by atoms with van der Waals surface area (Å²) in [7, 11) is 0. The van der Waals surface area contributed by atoms with Gasteiger partial charge in [0, 0.05) is 54.9 Å². The number of piperazine rings is 1. The van der Waals surface area contributed by atoms with Crippen LogP contribution in [-0.4, -0.2) is 47.5 Å². The molecule has 1 aromatic carbocycles. The second-order valence-corrected chi connectivity index (χ2v) is 9.19. The summed E-state index contributed by atoms with van der Waals surface area (Å²) in [6.07, 6.45) is 4.04. The van der Waals surface area contributed by atoms with Gasteiger partial charge in [-0.25, -0.2) is 4.98 Å². The third kappa shape index (κ3) is 3.81. The molecule has 0 spiro atoms. The monoisotopic (exact) mass is 404 g/mol. The molecule has 2 aliphatic heterocycles. The van der Waals surface area contributed by atoms with E-state index in [4.69, 9.17) is 0 Å². The van der Waals surface area contributed by atoms with Crippen LogP contribution in [0.15, 0.2) is 48.8 Å². The summed E-state index contributed by atoms with van der Waals surface area (Å²) in [6, 6.07) is 10.2. The van der Waals surface area contributed by atoms with Crippen LogP contribution in [0.5, 0.6) is 0 Å². The molecule has 3 heterocycles. The van der Waals surface area contributed by atoms with Gasteiger partial charge in [-0.1, -0.05) is 12.6 Å². The zero-order chi connectivity index (χ0) is 21.5. The SMILES string of the molecule is C=C1CCC(C)(C)N1c1ccc(C(=O)N2CCN(c3ncc(C)cc3C)CC2)cc1. The number of benzene rings is 1. The zero-order valence-corrected chi connectivity index (χ0v) is 18.6. The van der Waals surface area contributed by atoms with Crippen molar-refractivity contribution in [3.05, 3.63) is 65.5 Å². The Bertz CT molecular complexity index is 956.